The van der Waals surface area contributed by atoms with Crippen LogP contribution in [0.25, 0.3) is 0 Å². The quantitative estimate of drug-likeness (QED) is 0.626. The summed E-state index contributed by atoms with van der Waals surface area (Å²) in [6, 6.07) is 0. The molecule has 0 aromatic heterocycles. The molecule has 98 valence electrons. The van der Waals surface area contributed by atoms with Crippen molar-refractivity contribution in [1.82, 2.24) is 0 Å². The smallest absolute Gasteiger partial charge is 0.0623 e. The SMILES string of the molecule is C=C1C(C)CCC(C)(C)C2CC(C)(O)CCC12. The van der Waals surface area contributed by atoms with Crippen molar-refractivity contribution in [3.8, 4) is 0 Å². The lowest BCUT2D eigenvalue weighted by Crippen LogP contribution is -2.42. The van der Waals surface area contributed by atoms with Crippen LogP contribution >= 0.6 is 0 Å². The van der Waals surface area contributed by atoms with E-state index in [1.807, 2.05) is 6.92 Å². The zero-order chi connectivity index (χ0) is 12.8. The summed E-state index contributed by atoms with van der Waals surface area (Å²) in [6.45, 7) is 13.5. The molecule has 0 bridgehead atoms. The molecule has 4 unspecified atom stereocenters. The van der Waals surface area contributed by atoms with E-state index in [1.165, 1.54) is 18.4 Å². The first-order valence-electron chi connectivity index (χ1n) is 7.14. The molecule has 0 saturated heterocycles. The van der Waals surface area contributed by atoms with E-state index in [1.54, 1.807) is 0 Å². The molecule has 0 aromatic rings. The molecule has 17 heavy (non-hydrogen) atoms. The number of fused-ring (bicyclic) bond motifs is 1. The van der Waals surface area contributed by atoms with Crippen LogP contribution in [0.3, 0.4) is 0 Å². The topological polar surface area (TPSA) is 20.2 Å². The fourth-order valence-corrected chi connectivity index (χ4v) is 3.98. The Morgan fingerprint density at radius 2 is 1.82 bits per heavy atom. The van der Waals surface area contributed by atoms with Crippen LogP contribution in [0.1, 0.15) is 59.8 Å². The van der Waals surface area contributed by atoms with Crippen molar-refractivity contribution < 1.29 is 5.11 Å². The minimum atomic E-state index is -0.452. The average molecular weight is 236 g/mol. The van der Waals surface area contributed by atoms with Gasteiger partial charge in [-0.15, -0.1) is 0 Å². The summed E-state index contributed by atoms with van der Waals surface area (Å²) < 4.78 is 0. The van der Waals surface area contributed by atoms with Gasteiger partial charge in [-0.05, 0) is 62.2 Å². The second kappa shape index (κ2) is 4.12. The second-order valence-corrected chi connectivity index (χ2v) is 7.46. The minimum absolute atomic E-state index is 0.350. The fraction of sp³-hybridized carbons (Fsp3) is 0.875. The van der Waals surface area contributed by atoms with E-state index in [0.717, 1.165) is 19.3 Å². The van der Waals surface area contributed by atoms with Crippen LogP contribution in [0.2, 0.25) is 0 Å². The highest BCUT2D eigenvalue weighted by Gasteiger charge is 2.46. The minimum Gasteiger partial charge on any atom is -0.390 e. The summed E-state index contributed by atoms with van der Waals surface area (Å²) in [5.41, 5.74) is 1.35. The van der Waals surface area contributed by atoms with Gasteiger partial charge in [0.25, 0.3) is 0 Å². The number of hydrogen-bond donors (Lipinski definition) is 1. The third kappa shape index (κ3) is 2.45. The molecule has 0 amide bonds. The van der Waals surface area contributed by atoms with Crippen LogP contribution < -0.4 is 0 Å². The van der Waals surface area contributed by atoms with E-state index in [0.29, 0.717) is 23.2 Å². The Morgan fingerprint density at radius 1 is 1.18 bits per heavy atom. The number of aliphatic hydroxyl groups is 1. The standard InChI is InChI=1S/C16H28O/c1-11-6-8-15(3,4)14-10-16(5,17)9-7-13(14)12(11)2/h11,13-14,17H,2,6-10H2,1,3-5H3. The summed E-state index contributed by atoms with van der Waals surface area (Å²) in [5.74, 6) is 1.92. The van der Waals surface area contributed by atoms with Gasteiger partial charge in [-0.1, -0.05) is 32.9 Å². The third-order valence-corrected chi connectivity index (χ3v) is 5.47. The maximum absolute atomic E-state index is 10.4. The Labute approximate surface area is 106 Å². The van der Waals surface area contributed by atoms with E-state index in [9.17, 15) is 5.11 Å². The van der Waals surface area contributed by atoms with Gasteiger partial charge >= 0.3 is 0 Å². The number of rotatable bonds is 0. The molecule has 0 radical (unpaired) electrons. The van der Waals surface area contributed by atoms with Crippen molar-refractivity contribution >= 4 is 0 Å². The average Bonchev–Trinajstić information content (AvgIpc) is 2.30. The predicted molar refractivity (Wildman–Crippen MR) is 72.8 cm³/mol. The maximum Gasteiger partial charge on any atom is 0.0623 e. The van der Waals surface area contributed by atoms with E-state index in [4.69, 9.17) is 0 Å². The first kappa shape index (κ1) is 13.1. The predicted octanol–water partition coefficient (Wildman–Crippen LogP) is 4.17. The molecule has 2 aliphatic rings. The Kier molecular flexibility index (Phi) is 3.18. The highest BCUT2D eigenvalue weighted by Crippen LogP contribution is 2.53. The summed E-state index contributed by atoms with van der Waals surface area (Å²) >= 11 is 0. The molecule has 1 heteroatoms. The molecular formula is C16H28O. The molecular weight excluding hydrogens is 208 g/mol. The molecule has 0 aromatic carbocycles. The van der Waals surface area contributed by atoms with E-state index < -0.39 is 5.60 Å². The van der Waals surface area contributed by atoms with Crippen molar-refractivity contribution in [2.45, 2.75) is 65.4 Å². The maximum atomic E-state index is 10.4. The molecule has 2 fully saturated rings. The third-order valence-electron chi connectivity index (χ3n) is 5.47. The molecule has 4 atom stereocenters. The molecule has 1 nitrogen and oxygen atoms in total. The Balaban J connectivity index is 2.30. The Hall–Kier alpha value is -0.300. The molecule has 2 aliphatic carbocycles. The van der Waals surface area contributed by atoms with Gasteiger partial charge in [-0.3, -0.25) is 0 Å². The van der Waals surface area contributed by atoms with Crippen LogP contribution in [0, 0.1) is 23.2 Å². The lowest BCUT2D eigenvalue weighted by atomic mass is 9.60. The van der Waals surface area contributed by atoms with Crippen LogP contribution in [0.4, 0.5) is 0 Å². The molecule has 2 saturated carbocycles. The number of allylic oxidation sites excluding steroid dienone is 1. The fourth-order valence-electron chi connectivity index (χ4n) is 3.98. The molecule has 0 spiro atoms. The van der Waals surface area contributed by atoms with Gasteiger partial charge in [0.15, 0.2) is 0 Å². The first-order valence-corrected chi connectivity index (χ1v) is 7.14. The van der Waals surface area contributed by atoms with E-state index in [2.05, 4.69) is 27.4 Å². The highest BCUT2D eigenvalue weighted by molar-refractivity contribution is 5.13. The molecule has 0 heterocycles. The van der Waals surface area contributed by atoms with Crippen LogP contribution in [0.15, 0.2) is 12.2 Å². The summed E-state index contributed by atoms with van der Waals surface area (Å²) in [7, 11) is 0. The van der Waals surface area contributed by atoms with Gasteiger partial charge in [-0.25, -0.2) is 0 Å². The highest BCUT2D eigenvalue weighted by atomic mass is 16.3. The zero-order valence-electron chi connectivity index (χ0n) is 11.9. The second-order valence-electron chi connectivity index (χ2n) is 7.46. The van der Waals surface area contributed by atoms with Crippen molar-refractivity contribution in [2.75, 3.05) is 0 Å². The van der Waals surface area contributed by atoms with Crippen LogP contribution in [-0.2, 0) is 0 Å². The van der Waals surface area contributed by atoms with Gasteiger partial charge in [0, 0.05) is 0 Å². The van der Waals surface area contributed by atoms with Crippen molar-refractivity contribution in [1.29, 1.82) is 0 Å². The number of hydrogen-bond acceptors (Lipinski definition) is 1. The van der Waals surface area contributed by atoms with Gasteiger partial charge in [0.2, 0.25) is 0 Å². The largest absolute Gasteiger partial charge is 0.390 e. The van der Waals surface area contributed by atoms with E-state index >= 15 is 0 Å². The van der Waals surface area contributed by atoms with Crippen LogP contribution in [-0.4, -0.2) is 10.7 Å². The lowest BCUT2D eigenvalue weighted by molar-refractivity contribution is -0.0445. The van der Waals surface area contributed by atoms with Gasteiger partial charge in [-0.2, -0.15) is 0 Å². The van der Waals surface area contributed by atoms with Crippen molar-refractivity contribution in [3.05, 3.63) is 12.2 Å². The molecule has 2 rings (SSSR count). The normalized spacial score (nSPS) is 46.2. The lowest BCUT2D eigenvalue weighted by Gasteiger charge is -2.46. The summed E-state index contributed by atoms with van der Waals surface area (Å²) in [6.07, 6.45) is 5.56. The first-order chi connectivity index (χ1) is 7.73. The molecule has 1 N–H and O–H groups in total. The summed E-state index contributed by atoms with van der Waals surface area (Å²) in [5, 5.41) is 10.4. The monoisotopic (exact) mass is 236 g/mol. The Morgan fingerprint density at radius 3 is 2.47 bits per heavy atom. The van der Waals surface area contributed by atoms with Gasteiger partial charge in [0.1, 0.15) is 0 Å². The van der Waals surface area contributed by atoms with Crippen LogP contribution in [0.5, 0.6) is 0 Å². The Bertz CT molecular complexity index is 313. The van der Waals surface area contributed by atoms with Crippen molar-refractivity contribution in [2.24, 2.45) is 23.2 Å². The van der Waals surface area contributed by atoms with Crippen molar-refractivity contribution in [3.63, 3.8) is 0 Å². The van der Waals surface area contributed by atoms with Gasteiger partial charge in [0.05, 0.1) is 5.60 Å². The summed E-state index contributed by atoms with van der Waals surface area (Å²) in [4.78, 5) is 0. The molecule has 0 aliphatic heterocycles. The van der Waals surface area contributed by atoms with Gasteiger partial charge < -0.3 is 5.11 Å². The van der Waals surface area contributed by atoms with E-state index in [-0.39, 0.29) is 0 Å². The zero-order valence-corrected chi connectivity index (χ0v) is 11.9.